The molecular weight excluding hydrogens is 276 g/mol. The molecular formula is C15H23BrO. The highest BCUT2D eigenvalue weighted by molar-refractivity contribution is 9.09. The van der Waals surface area contributed by atoms with Crippen molar-refractivity contribution in [1.82, 2.24) is 0 Å². The zero-order valence-electron chi connectivity index (χ0n) is 11.3. The summed E-state index contributed by atoms with van der Waals surface area (Å²) in [7, 11) is 1.79. The molecule has 0 bridgehead atoms. The van der Waals surface area contributed by atoms with Crippen molar-refractivity contribution in [3.05, 3.63) is 35.4 Å². The molecule has 2 heteroatoms. The molecule has 1 aromatic rings. The summed E-state index contributed by atoms with van der Waals surface area (Å²) in [6.45, 7) is 6.44. The summed E-state index contributed by atoms with van der Waals surface area (Å²) >= 11 is 3.63. The van der Waals surface area contributed by atoms with E-state index in [4.69, 9.17) is 4.74 Å². The monoisotopic (exact) mass is 298 g/mol. The van der Waals surface area contributed by atoms with Crippen LogP contribution in [0.15, 0.2) is 24.3 Å². The standard InChI is InChI=1S/C15H23BrO/c1-12-6-5-7-13(10-12)14(11-16)8-9-15(2,3)17-4/h5-7,10,14H,8-9,11H2,1-4H3. The quantitative estimate of drug-likeness (QED) is 0.693. The highest BCUT2D eigenvalue weighted by Crippen LogP contribution is 2.28. The highest BCUT2D eigenvalue weighted by Gasteiger charge is 2.19. The van der Waals surface area contributed by atoms with Gasteiger partial charge in [0.25, 0.3) is 0 Å². The number of rotatable bonds is 6. The van der Waals surface area contributed by atoms with Gasteiger partial charge >= 0.3 is 0 Å². The molecule has 0 saturated heterocycles. The number of ether oxygens (including phenoxy) is 1. The molecule has 0 spiro atoms. The minimum absolute atomic E-state index is 0.0236. The van der Waals surface area contributed by atoms with E-state index >= 15 is 0 Å². The summed E-state index contributed by atoms with van der Waals surface area (Å²) in [6.07, 6.45) is 2.23. The number of aryl methyl sites for hydroxylation is 1. The molecule has 0 aliphatic rings. The molecule has 1 aromatic carbocycles. The van der Waals surface area contributed by atoms with Gasteiger partial charge in [0, 0.05) is 12.4 Å². The summed E-state index contributed by atoms with van der Waals surface area (Å²) in [4.78, 5) is 0. The minimum Gasteiger partial charge on any atom is -0.379 e. The fourth-order valence-corrected chi connectivity index (χ4v) is 2.58. The fourth-order valence-electron chi connectivity index (χ4n) is 1.88. The summed E-state index contributed by atoms with van der Waals surface area (Å²) in [5, 5.41) is 1.01. The second kappa shape index (κ2) is 6.55. The number of methoxy groups -OCH3 is 1. The van der Waals surface area contributed by atoms with Crippen LogP contribution in [0.2, 0.25) is 0 Å². The third-order valence-electron chi connectivity index (χ3n) is 3.35. The van der Waals surface area contributed by atoms with Crippen LogP contribution < -0.4 is 0 Å². The van der Waals surface area contributed by atoms with E-state index in [1.807, 2.05) is 0 Å². The lowest BCUT2D eigenvalue weighted by Gasteiger charge is -2.25. The van der Waals surface area contributed by atoms with Crippen LogP contribution in [0.25, 0.3) is 0 Å². The average Bonchev–Trinajstić information content (AvgIpc) is 2.30. The van der Waals surface area contributed by atoms with E-state index in [2.05, 4.69) is 61.0 Å². The number of halogens is 1. The van der Waals surface area contributed by atoms with Crippen LogP contribution >= 0.6 is 15.9 Å². The van der Waals surface area contributed by atoms with Gasteiger partial charge in [0.1, 0.15) is 0 Å². The van der Waals surface area contributed by atoms with Crippen LogP contribution in [0.5, 0.6) is 0 Å². The van der Waals surface area contributed by atoms with Crippen LogP contribution in [0.1, 0.15) is 43.7 Å². The summed E-state index contributed by atoms with van der Waals surface area (Å²) in [6, 6.07) is 8.79. The number of hydrogen-bond donors (Lipinski definition) is 0. The predicted molar refractivity (Wildman–Crippen MR) is 78.0 cm³/mol. The fraction of sp³-hybridized carbons (Fsp3) is 0.600. The van der Waals surface area contributed by atoms with Crippen molar-refractivity contribution in [2.75, 3.05) is 12.4 Å². The van der Waals surface area contributed by atoms with E-state index in [-0.39, 0.29) is 5.60 Å². The first-order valence-corrected chi connectivity index (χ1v) is 7.28. The molecule has 0 radical (unpaired) electrons. The Morgan fingerprint density at radius 3 is 2.59 bits per heavy atom. The van der Waals surface area contributed by atoms with E-state index in [9.17, 15) is 0 Å². The maximum atomic E-state index is 5.48. The van der Waals surface area contributed by atoms with Crippen molar-refractivity contribution in [3.8, 4) is 0 Å². The van der Waals surface area contributed by atoms with Crippen LogP contribution in [0.4, 0.5) is 0 Å². The van der Waals surface area contributed by atoms with Gasteiger partial charge in [-0.2, -0.15) is 0 Å². The van der Waals surface area contributed by atoms with Gasteiger partial charge in [0.05, 0.1) is 5.60 Å². The Morgan fingerprint density at radius 2 is 2.06 bits per heavy atom. The van der Waals surface area contributed by atoms with Gasteiger partial charge in [-0.15, -0.1) is 0 Å². The van der Waals surface area contributed by atoms with Crippen LogP contribution in [-0.4, -0.2) is 18.0 Å². The van der Waals surface area contributed by atoms with Gasteiger partial charge in [-0.3, -0.25) is 0 Å². The van der Waals surface area contributed by atoms with Crippen molar-refractivity contribution in [3.63, 3.8) is 0 Å². The molecule has 0 fully saturated rings. The Morgan fingerprint density at radius 1 is 1.35 bits per heavy atom. The predicted octanol–water partition coefficient (Wildman–Crippen LogP) is 4.68. The zero-order chi connectivity index (χ0) is 12.9. The largest absolute Gasteiger partial charge is 0.379 e. The molecule has 1 rings (SSSR count). The molecule has 0 aliphatic heterocycles. The van der Waals surface area contributed by atoms with Crippen LogP contribution in [0.3, 0.4) is 0 Å². The summed E-state index contributed by atoms with van der Waals surface area (Å²) < 4.78 is 5.48. The summed E-state index contributed by atoms with van der Waals surface area (Å²) in [5.74, 6) is 0.573. The first kappa shape index (κ1) is 14.7. The Balaban J connectivity index is 2.66. The van der Waals surface area contributed by atoms with Crippen LogP contribution in [-0.2, 0) is 4.74 Å². The van der Waals surface area contributed by atoms with Gasteiger partial charge in [0.2, 0.25) is 0 Å². The molecule has 17 heavy (non-hydrogen) atoms. The molecule has 0 aliphatic carbocycles. The molecule has 0 heterocycles. The van der Waals surface area contributed by atoms with Gasteiger partial charge in [-0.25, -0.2) is 0 Å². The Labute approximate surface area is 114 Å². The molecule has 0 saturated carbocycles. The van der Waals surface area contributed by atoms with E-state index in [1.165, 1.54) is 11.1 Å². The van der Waals surface area contributed by atoms with Crippen molar-refractivity contribution < 1.29 is 4.74 Å². The van der Waals surface area contributed by atoms with Crippen molar-refractivity contribution >= 4 is 15.9 Å². The third kappa shape index (κ3) is 4.81. The van der Waals surface area contributed by atoms with Gasteiger partial charge < -0.3 is 4.74 Å². The van der Waals surface area contributed by atoms with E-state index in [0.717, 1.165) is 18.2 Å². The highest BCUT2D eigenvalue weighted by atomic mass is 79.9. The van der Waals surface area contributed by atoms with E-state index < -0.39 is 0 Å². The van der Waals surface area contributed by atoms with Gasteiger partial charge in [-0.05, 0) is 45.1 Å². The first-order valence-electron chi connectivity index (χ1n) is 6.16. The molecule has 0 N–H and O–H groups in total. The number of hydrogen-bond acceptors (Lipinski definition) is 1. The Hall–Kier alpha value is -0.340. The Kier molecular flexibility index (Phi) is 5.68. The van der Waals surface area contributed by atoms with Crippen molar-refractivity contribution in [1.29, 1.82) is 0 Å². The van der Waals surface area contributed by atoms with E-state index in [0.29, 0.717) is 5.92 Å². The minimum atomic E-state index is -0.0236. The number of alkyl halides is 1. The maximum absolute atomic E-state index is 5.48. The lowest BCUT2D eigenvalue weighted by molar-refractivity contribution is 0.0128. The maximum Gasteiger partial charge on any atom is 0.0623 e. The zero-order valence-corrected chi connectivity index (χ0v) is 12.9. The Bertz CT molecular complexity index is 347. The summed E-state index contributed by atoms with van der Waals surface area (Å²) in [5.41, 5.74) is 2.73. The number of benzene rings is 1. The second-order valence-corrected chi connectivity index (χ2v) is 5.92. The SMILES string of the molecule is COC(C)(C)CCC(CBr)c1cccc(C)c1. The van der Waals surface area contributed by atoms with Gasteiger partial charge in [-0.1, -0.05) is 45.8 Å². The van der Waals surface area contributed by atoms with Crippen LogP contribution in [0, 0.1) is 6.92 Å². The van der Waals surface area contributed by atoms with E-state index in [1.54, 1.807) is 7.11 Å². The third-order valence-corrected chi connectivity index (χ3v) is 4.13. The molecule has 0 aromatic heterocycles. The van der Waals surface area contributed by atoms with Gasteiger partial charge in [0.15, 0.2) is 0 Å². The lowest BCUT2D eigenvalue weighted by atomic mass is 9.90. The normalized spacial score (nSPS) is 13.7. The molecule has 1 unspecified atom stereocenters. The second-order valence-electron chi connectivity index (χ2n) is 5.27. The smallest absolute Gasteiger partial charge is 0.0623 e. The van der Waals surface area contributed by atoms with Crippen molar-refractivity contribution in [2.45, 2.75) is 45.1 Å². The molecule has 96 valence electrons. The average molecular weight is 299 g/mol. The molecule has 0 amide bonds. The lowest BCUT2D eigenvalue weighted by Crippen LogP contribution is -2.23. The van der Waals surface area contributed by atoms with Crippen molar-refractivity contribution in [2.24, 2.45) is 0 Å². The molecule has 1 nitrogen and oxygen atoms in total. The topological polar surface area (TPSA) is 9.23 Å². The molecule has 1 atom stereocenters. The first-order chi connectivity index (χ1) is 7.98.